The monoisotopic (exact) mass is 294 g/mol. The standard InChI is InChI=1S/C16H23FN2O2/c1-4-14-11-21-16(5-2,6-3)19(14)15(20)18-13-9-7-8-12(17)10-13/h7-10,14H,4-6,11H2,1-3H3,(H,18,20). The Labute approximate surface area is 125 Å². The first-order valence-electron chi connectivity index (χ1n) is 7.56. The van der Waals surface area contributed by atoms with Gasteiger partial charge < -0.3 is 10.1 Å². The summed E-state index contributed by atoms with van der Waals surface area (Å²) in [6.45, 7) is 6.63. The zero-order valence-electron chi connectivity index (χ0n) is 12.9. The van der Waals surface area contributed by atoms with E-state index in [9.17, 15) is 9.18 Å². The lowest BCUT2D eigenvalue weighted by Gasteiger charge is -2.38. The molecule has 21 heavy (non-hydrogen) atoms. The number of hydrogen-bond donors (Lipinski definition) is 1. The van der Waals surface area contributed by atoms with Gasteiger partial charge in [-0.3, -0.25) is 4.90 Å². The van der Waals surface area contributed by atoms with Crippen LogP contribution in [0.3, 0.4) is 0 Å². The molecule has 4 nitrogen and oxygen atoms in total. The number of halogens is 1. The Bertz CT molecular complexity index is 503. The number of carbonyl (C=O) groups excluding carboxylic acids is 1. The maximum absolute atomic E-state index is 13.2. The summed E-state index contributed by atoms with van der Waals surface area (Å²) in [6, 6.07) is 5.75. The highest BCUT2D eigenvalue weighted by Crippen LogP contribution is 2.35. The summed E-state index contributed by atoms with van der Waals surface area (Å²) in [6.07, 6.45) is 2.30. The predicted octanol–water partition coefficient (Wildman–Crippen LogP) is 3.98. The first-order chi connectivity index (χ1) is 10.1. The number of ether oxygens (including phenoxy) is 1. The average Bonchev–Trinajstić information content (AvgIpc) is 2.86. The maximum Gasteiger partial charge on any atom is 0.324 e. The van der Waals surface area contributed by atoms with Gasteiger partial charge in [0.05, 0.1) is 12.6 Å². The summed E-state index contributed by atoms with van der Waals surface area (Å²) in [5.74, 6) is -0.366. The highest BCUT2D eigenvalue weighted by molar-refractivity contribution is 5.90. The summed E-state index contributed by atoms with van der Waals surface area (Å²) in [5.41, 5.74) is -0.0965. The zero-order chi connectivity index (χ0) is 15.5. The van der Waals surface area contributed by atoms with E-state index in [0.29, 0.717) is 12.3 Å². The minimum atomic E-state index is -0.557. The molecule has 1 heterocycles. The SMILES string of the molecule is CCC1COC(CC)(CC)N1C(=O)Nc1cccc(F)c1. The van der Waals surface area contributed by atoms with Gasteiger partial charge in [0.15, 0.2) is 0 Å². The highest BCUT2D eigenvalue weighted by atomic mass is 19.1. The molecule has 0 saturated carbocycles. The molecular weight excluding hydrogens is 271 g/mol. The summed E-state index contributed by atoms with van der Waals surface area (Å²) in [4.78, 5) is 14.4. The van der Waals surface area contributed by atoms with E-state index in [1.54, 1.807) is 17.0 Å². The minimum Gasteiger partial charge on any atom is -0.353 e. The van der Waals surface area contributed by atoms with Crippen molar-refractivity contribution in [1.82, 2.24) is 4.90 Å². The Balaban J connectivity index is 2.21. The fourth-order valence-corrected chi connectivity index (χ4v) is 2.92. The lowest BCUT2D eigenvalue weighted by molar-refractivity contribution is -0.0684. The molecule has 1 fully saturated rings. The molecule has 116 valence electrons. The Morgan fingerprint density at radius 1 is 1.43 bits per heavy atom. The lowest BCUT2D eigenvalue weighted by atomic mass is 10.0. The van der Waals surface area contributed by atoms with Crippen molar-refractivity contribution < 1.29 is 13.9 Å². The molecule has 0 radical (unpaired) electrons. The van der Waals surface area contributed by atoms with E-state index in [0.717, 1.165) is 19.3 Å². The highest BCUT2D eigenvalue weighted by Gasteiger charge is 2.47. The van der Waals surface area contributed by atoms with Crippen LogP contribution < -0.4 is 5.32 Å². The van der Waals surface area contributed by atoms with E-state index in [4.69, 9.17) is 4.74 Å². The van der Waals surface area contributed by atoms with Crippen LogP contribution in [0.4, 0.5) is 14.9 Å². The number of hydrogen-bond acceptors (Lipinski definition) is 2. The maximum atomic E-state index is 13.2. The van der Waals surface area contributed by atoms with Crippen molar-refractivity contribution >= 4 is 11.7 Å². The molecule has 0 aliphatic carbocycles. The van der Waals surface area contributed by atoms with Crippen LogP contribution in [0, 0.1) is 5.82 Å². The third-order valence-corrected chi connectivity index (χ3v) is 4.22. The van der Waals surface area contributed by atoms with Crippen molar-refractivity contribution in [2.45, 2.75) is 51.8 Å². The second-order valence-electron chi connectivity index (χ2n) is 5.34. The molecule has 5 heteroatoms. The van der Waals surface area contributed by atoms with Crippen molar-refractivity contribution in [3.63, 3.8) is 0 Å². The predicted molar refractivity (Wildman–Crippen MR) is 80.6 cm³/mol. The first-order valence-corrected chi connectivity index (χ1v) is 7.56. The molecule has 1 saturated heterocycles. The molecular formula is C16H23FN2O2. The number of nitrogens with zero attached hydrogens (tertiary/aromatic N) is 1. The molecule has 0 bridgehead atoms. The third kappa shape index (κ3) is 3.02. The fourth-order valence-electron chi connectivity index (χ4n) is 2.92. The van der Waals surface area contributed by atoms with Gasteiger partial charge >= 0.3 is 6.03 Å². The van der Waals surface area contributed by atoms with Crippen molar-refractivity contribution in [2.75, 3.05) is 11.9 Å². The number of carbonyl (C=O) groups is 1. The second-order valence-corrected chi connectivity index (χ2v) is 5.34. The Morgan fingerprint density at radius 3 is 2.71 bits per heavy atom. The van der Waals surface area contributed by atoms with Crippen LogP contribution in [-0.4, -0.2) is 29.3 Å². The number of rotatable bonds is 4. The van der Waals surface area contributed by atoms with Crippen LogP contribution in [0.2, 0.25) is 0 Å². The molecule has 1 atom stereocenters. The molecule has 2 amide bonds. The summed E-state index contributed by atoms with van der Waals surface area (Å²) >= 11 is 0. The van der Waals surface area contributed by atoms with Crippen LogP contribution in [0.5, 0.6) is 0 Å². The number of amides is 2. The van der Waals surface area contributed by atoms with Crippen LogP contribution in [0.1, 0.15) is 40.0 Å². The van der Waals surface area contributed by atoms with Crippen LogP contribution in [0.25, 0.3) is 0 Å². The Kier molecular flexibility index (Phi) is 4.83. The second kappa shape index (κ2) is 6.43. The van der Waals surface area contributed by atoms with Crippen LogP contribution in [0.15, 0.2) is 24.3 Å². The number of urea groups is 1. The Morgan fingerprint density at radius 2 is 2.14 bits per heavy atom. The van der Waals surface area contributed by atoms with E-state index >= 15 is 0 Å². The molecule has 1 aromatic rings. The molecule has 1 aromatic carbocycles. The number of anilines is 1. The van der Waals surface area contributed by atoms with E-state index < -0.39 is 5.72 Å². The molecule has 2 rings (SSSR count). The quantitative estimate of drug-likeness (QED) is 0.912. The topological polar surface area (TPSA) is 41.6 Å². The fraction of sp³-hybridized carbons (Fsp3) is 0.562. The first kappa shape index (κ1) is 15.8. The smallest absolute Gasteiger partial charge is 0.324 e. The lowest BCUT2D eigenvalue weighted by Crippen LogP contribution is -2.52. The van der Waals surface area contributed by atoms with Gasteiger partial charge in [-0.05, 0) is 37.5 Å². The molecule has 1 aliphatic rings. The van der Waals surface area contributed by atoms with Crippen molar-refractivity contribution in [3.8, 4) is 0 Å². The van der Waals surface area contributed by atoms with Gasteiger partial charge in [-0.2, -0.15) is 0 Å². The molecule has 1 unspecified atom stereocenters. The van der Waals surface area contributed by atoms with Gasteiger partial charge in [0, 0.05) is 5.69 Å². The molecule has 0 spiro atoms. The normalized spacial score (nSPS) is 20.6. The van der Waals surface area contributed by atoms with Gasteiger partial charge in [-0.25, -0.2) is 9.18 Å². The van der Waals surface area contributed by atoms with E-state index in [-0.39, 0.29) is 17.9 Å². The molecule has 1 aliphatic heterocycles. The van der Waals surface area contributed by atoms with Gasteiger partial charge in [0.1, 0.15) is 11.5 Å². The number of benzene rings is 1. The van der Waals surface area contributed by atoms with Crippen LogP contribution in [-0.2, 0) is 4.74 Å². The van der Waals surface area contributed by atoms with Crippen LogP contribution >= 0.6 is 0 Å². The van der Waals surface area contributed by atoms with E-state index in [1.807, 2.05) is 20.8 Å². The van der Waals surface area contributed by atoms with Gasteiger partial charge in [-0.1, -0.05) is 26.8 Å². The van der Waals surface area contributed by atoms with Crippen molar-refractivity contribution in [1.29, 1.82) is 0 Å². The van der Waals surface area contributed by atoms with Crippen molar-refractivity contribution in [2.24, 2.45) is 0 Å². The van der Waals surface area contributed by atoms with Gasteiger partial charge in [0.25, 0.3) is 0 Å². The number of nitrogens with one attached hydrogen (secondary N) is 1. The largest absolute Gasteiger partial charge is 0.353 e. The van der Waals surface area contributed by atoms with E-state index in [2.05, 4.69) is 5.32 Å². The zero-order valence-corrected chi connectivity index (χ0v) is 12.9. The summed E-state index contributed by atoms with van der Waals surface area (Å²) in [5, 5.41) is 2.78. The molecule has 1 N–H and O–H groups in total. The van der Waals surface area contributed by atoms with Gasteiger partial charge in [-0.15, -0.1) is 0 Å². The van der Waals surface area contributed by atoms with E-state index in [1.165, 1.54) is 12.1 Å². The minimum absolute atomic E-state index is 0.0541. The summed E-state index contributed by atoms with van der Waals surface area (Å²) < 4.78 is 19.2. The average molecular weight is 294 g/mol. The summed E-state index contributed by atoms with van der Waals surface area (Å²) in [7, 11) is 0. The third-order valence-electron chi connectivity index (χ3n) is 4.22. The molecule has 0 aromatic heterocycles. The van der Waals surface area contributed by atoms with Crippen molar-refractivity contribution in [3.05, 3.63) is 30.1 Å². The Hall–Kier alpha value is -1.62. The van der Waals surface area contributed by atoms with Gasteiger partial charge in [0.2, 0.25) is 0 Å².